The Hall–Kier alpha value is -0.450. The van der Waals surface area contributed by atoms with Gasteiger partial charge >= 0.3 is 0 Å². The molecule has 60 valence electrons. The van der Waals surface area contributed by atoms with E-state index < -0.39 is 12.1 Å². The van der Waals surface area contributed by atoms with Crippen molar-refractivity contribution in [3.05, 3.63) is 0 Å². The van der Waals surface area contributed by atoms with Gasteiger partial charge in [0.05, 0.1) is 6.61 Å². The summed E-state index contributed by atoms with van der Waals surface area (Å²) in [5.74, 6) is -0.316. The number of nitrogens with two attached hydrogens (primary N) is 1. The maximum absolute atomic E-state index is 10.4. The van der Waals surface area contributed by atoms with Crippen LogP contribution in [-0.4, -0.2) is 34.7 Å². The van der Waals surface area contributed by atoms with Crippen LogP contribution in [0.25, 0.3) is 0 Å². The Morgan fingerprint density at radius 2 is 2.20 bits per heavy atom. The summed E-state index contributed by atoms with van der Waals surface area (Å²) in [4.78, 5) is 10.4. The van der Waals surface area contributed by atoms with Gasteiger partial charge in [0.2, 0.25) is 0 Å². The van der Waals surface area contributed by atoms with E-state index in [0.717, 1.165) is 0 Å². The number of carbonyl (C=O) groups excluding carboxylic acids is 1. The van der Waals surface area contributed by atoms with E-state index >= 15 is 0 Å². The fourth-order valence-electron chi connectivity index (χ4n) is 0.527. The van der Waals surface area contributed by atoms with E-state index in [1.807, 2.05) is 0 Å². The normalized spacial score (nSPS) is 16.4. The topological polar surface area (TPSA) is 83.5 Å². The van der Waals surface area contributed by atoms with Gasteiger partial charge in [-0.2, -0.15) is 0 Å². The zero-order valence-corrected chi connectivity index (χ0v) is 5.95. The van der Waals surface area contributed by atoms with Crippen LogP contribution in [-0.2, 0) is 4.79 Å². The molecule has 0 radical (unpaired) electrons. The fourth-order valence-corrected chi connectivity index (χ4v) is 0.527. The van der Waals surface area contributed by atoms with Crippen molar-refractivity contribution in [3.8, 4) is 0 Å². The molecule has 2 unspecified atom stereocenters. The van der Waals surface area contributed by atoms with Crippen molar-refractivity contribution in [1.82, 2.24) is 0 Å². The van der Waals surface area contributed by atoms with Crippen LogP contribution in [0.3, 0.4) is 0 Å². The first-order valence-electron chi connectivity index (χ1n) is 3.13. The third-order valence-electron chi connectivity index (χ3n) is 1.23. The number of carbonyl (C=O) groups is 1. The summed E-state index contributed by atoms with van der Waals surface area (Å²) >= 11 is 0. The first-order chi connectivity index (χ1) is 4.57. The van der Waals surface area contributed by atoms with Crippen LogP contribution >= 0.6 is 0 Å². The Morgan fingerprint density at radius 1 is 1.70 bits per heavy atom. The molecule has 0 heterocycles. The van der Waals surface area contributed by atoms with Crippen LogP contribution in [0.15, 0.2) is 0 Å². The van der Waals surface area contributed by atoms with E-state index in [-0.39, 0.29) is 18.8 Å². The van der Waals surface area contributed by atoms with Crippen molar-refractivity contribution in [3.63, 3.8) is 0 Å². The second-order valence-corrected chi connectivity index (χ2v) is 2.30. The number of aliphatic hydroxyl groups is 2. The van der Waals surface area contributed by atoms with E-state index in [4.69, 9.17) is 15.9 Å². The Kier molecular flexibility index (Phi) is 4.18. The van der Waals surface area contributed by atoms with Crippen molar-refractivity contribution in [2.75, 3.05) is 6.61 Å². The molecule has 0 saturated heterocycles. The predicted molar refractivity (Wildman–Crippen MR) is 36.4 cm³/mol. The highest BCUT2D eigenvalue weighted by Crippen LogP contribution is 1.95. The van der Waals surface area contributed by atoms with Crippen molar-refractivity contribution >= 4 is 5.78 Å². The molecule has 0 aliphatic carbocycles. The highest BCUT2D eigenvalue weighted by atomic mass is 16.3. The van der Waals surface area contributed by atoms with Gasteiger partial charge in [0.1, 0.15) is 6.10 Å². The molecule has 0 spiro atoms. The van der Waals surface area contributed by atoms with Crippen molar-refractivity contribution < 1.29 is 15.0 Å². The third-order valence-corrected chi connectivity index (χ3v) is 1.23. The molecule has 0 saturated carbocycles. The van der Waals surface area contributed by atoms with E-state index in [0.29, 0.717) is 0 Å². The van der Waals surface area contributed by atoms with E-state index in [1.165, 1.54) is 6.92 Å². The van der Waals surface area contributed by atoms with Gasteiger partial charge in [-0.05, 0) is 13.3 Å². The molecule has 0 aromatic rings. The second kappa shape index (κ2) is 4.38. The Labute approximate surface area is 59.7 Å². The molecule has 0 aromatic heterocycles. The number of hydrogen-bond donors (Lipinski definition) is 3. The lowest BCUT2D eigenvalue weighted by molar-refractivity contribution is -0.125. The standard InChI is InChI=1S/C6H13NO3/c1-4(9)6(10)2-5(7)3-8/h5-6,8,10H,2-3,7H2,1H3. The number of hydrogen-bond acceptors (Lipinski definition) is 4. The molecular weight excluding hydrogens is 134 g/mol. The molecule has 0 aliphatic rings. The van der Waals surface area contributed by atoms with Gasteiger partial charge in [0.25, 0.3) is 0 Å². The highest BCUT2D eigenvalue weighted by Gasteiger charge is 2.13. The summed E-state index contributed by atoms with van der Waals surface area (Å²) in [6.45, 7) is 1.08. The largest absolute Gasteiger partial charge is 0.395 e. The van der Waals surface area contributed by atoms with Crippen LogP contribution in [0.5, 0.6) is 0 Å². The molecular formula is C6H13NO3. The summed E-state index contributed by atoms with van der Waals surface area (Å²) in [6.07, 6.45) is -0.895. The van der Waals surface area contributed by atoms with Crippen molar-refractivity contribution in [2.45, 2.75) is 25.5 Å². The minimum Gasteiger partial charge on any atom is -0.395 e. The van der Waals surface area contributed by atoms with Gasteiger partial charge in [0, 0.05) is 6.04 Å². The van der Waals surface area contributed by atoms with Crippen molar-refractivity contribution in [1.29, 1.82) is 0 Å². The highest BCUT2D eigenvalue weighted by molar-refractivity contribution is 5.80. The molecule has 0 rings (SSSR count). The first-order valence-corrected chi connectivity index (χ1v) is 3.13. The molecule has 0 aliphatic heterocycles. The Bertz CT molecular complexity index is 116. The lowest BCUT2D eigenvalue weighted by Gasteiger charge is -2.10. The van der Waals surface area contributed by atoms with Crippen LogP contribution in [0, 0.1) is 0 Å². The summed E-state index contributed by atoms with van der Waals surface area (Å²) < 4.78 is 0. The average Bonchev–Trinajstić information content (AvgIpc) is 1.87. The molecule has 0 fully saturated rings. The predicted octanol–water partition coefficient (Wildman–Crippen LogP) is -1.35. The summed E-state index contributed by atoms with van der Waals surface area (Å²) in [5, 5.41) is 17.3. The van der Waals surface area contributed by atoms with Gasteiger partial charge in [-0.1, -0.05) is 0 Å². The smallest absolute Gasteiger partial charge is 0.158 e. The van der Waals surface area contributed by atoms with Crippen LogP contribution < -0.4 is 5.73 Å². The number of Topliss-reactive ketones (excluding diaryl/α,β-unsaturated/α-hetero) is 1. The minimum atomic E-state index is -1.03. The first kappa shape index (κ1) is 9.55. The van der Waals surface area contributed by atoms with E-state index in [9.17, 15) is 4.79 Å². The van der Waals surface area contributed by atoms with Gasteiger partial charge in [-0.3, -0.25) is 4.79 Å². The molecule has 4 heteroatoms. The molecule has 2 atom stereocenters. The SMILES string of the molecule is CC(=O)C(O)CC(N)CO. The summed E-state index contributed by atoms with van der Waals surface area (Å²) in [7, 11) is 0. The zero-order valence-electron chi connectivity index (χ0n) is 5.95. The van der Waals surface area contributed by atoms with Gasteiger partial charge < -0.3 is 15.9 Å². The second-order valence-electron chi connectivity index (χ2n) is 2.30. The quantitative estimate of drug-likeness (QED) is 0.459. The van der Waals surface area contributed by atoms with Crippen LogP contribution in [0.4, 0.5) is 0 Å². The third kappa shape index (κ3) is 3.55. The zero-order chi connectivity index (χ0) is 8.15. The molecule has 4 N–H and O–H groups in total. The maximum atomic E-state index is 10.4. The van der Waals surface area contributed by atoms with Crippen LogP contribution in [0.1, 0.15) is 13.3 Å². The molecule has 0 aromatic carbocycles. The Morgan fingerprint density at radius 3 is 2.50 bits per heavy atom. The molecule has 0 bridgehead atoms. The van der Waals surface area contributed by atoms with Crippen LogP contribution in [0.2, 0.25) is 0 Å². The van der Waals surface area contributed by atoms with Crippen molar-refractivity contribution in [2.24, 2.45) is 5.73 Å². The monoisotopic (exact) mass is 147 g/mol. The van der Waals surface area contributed by atoms with E-state index in [2.05, 4.69) is 0 Å². The fraction of sp³-hybridized carbons (Fsp3) is 0.833. The summed E-state index contributed by atoms with van der Waals surface area (Å²) in [6, 6.07) is -0.501. The Balaban J connectivity index is 3.56. The molecule has 0 amide bonds. The molecule has 10 heavy (non-hydrogen) atoms. The van der Waals surface area contributed by atoms with E-state index in [1.54, 1.807) is 0 Å². The lowest BCUT2D eigenvalue weighted by atomic mass is 10.1. The van der Waals surface area contributed by atoms with Gasteiger partial charge in [-0.25, -0.2) is 0 Å². The molecule has 4 nitrogen and oxygen atoms in total. The average molecular weight is 147 g/mol. The van der Waals surface area contributed by atoms with Gasteiger partial charge in [-0.15, -0.1) is 0 Å². The number of aliphatic hydroxyl groups excluding tert-OH is 2. The maximum Gasteiger partial charge on any atom is 0.158 e. The summed E-state index contributed by atoms with van der Waals surface area (Å²) in [5.41, 5.74) is 5.25. The number of ketones is 1. The van der Waals surface area contributed by atoms with Gasteiger partial charge in [0.15, 0.2) is 5.78 Å². The minimum absolute atomic E-state index is 0.131. The number of rotatable bonds is 4. The lowest BCUT2D eigenvalue weighted by Crippen LogP contribution is -2.32.